The highest BCUT2D eigenvalue weighted by atomic mass is 16.2. The Morgan fingerprint density at radius 1 is 1.03 bits per heavy atom. The smallest absolute Gasteiger partial charge is 0.319 e. The van der Waals surface area contributed by atoms with Crippen molar-refractivity contribution in [1.29, 1.82) is 0 Å². The highest BCUT2D eigenvalue weighted by Gasteiger charge is 2.11. The molecular weight excluding hydrogens is 410 g/mol. The van der Waals surface area contributed by atoms with Crippen LogP contribution in [-0.4, -0.2) is 49.4 Å². The van der Waals surface area contributed by atoms with Crippen molar-refractivity contribution in [1.82, 2.24) is 19.9 Å². The second-order valence-electron chi connectivity index (χ2n) is 8.29. The van der Waals surface area contributed by atoms with E-state index in [0.29, 0.717) is 6.54 Å². The fourth-order valence-electron chi connectivity index (χ4n) is 3.76. The van der Waals surface area contributed by atoms with Gasteiger partial charge in [-0.1, -0.05) is 41.9 Å². The van der Waals surface area contributed by atoms with Crippen LogP contribution < -0.4 is 26.9 Å². The Morgan fingerprint density at radius 3 is 2.67 bits per heavy atom. The van der Waals surface area contributed by atoms with E-state index in [4.69, 9.17) is 4.98 Å². The SMILES string of the molecule is Bc1cccc(NC(=O)NCCCCNc2cc(-c3ccccc3C)nc3c(B)cnn23)c1. The standard InChI is InChI=1S/C24H28B2N6O/c1-16-7-2-3-10-19(16)21-14-22(32-23(31-21)20(26)15-29-32)27-11-4-5-12-28-24(33)30-18-9-6-8-17(25)13-18/h2-3,6-10,13-15,27H,4-5,11-12,25-26H2,1H3,(H2,28,30,33). The number of aryl methyl sites for hydroxylation is 1. The van der Waals surface area contributed by atoms with Crippen molar-refractivity contribution < 1.29 is 4.79 Å². The molecule has 0 radical (unpaired) electrons. The number of carbonyl (C=O) groups is 1. The lowest BCUT2D eigenvalue weighted by Gasteiger charge is -2.12. The first-order valence-corrected chi connectivity index (χ1v) is 11.3. The van der Waals surface area contributed by atoms with E-state index in [-0.39, 0.29) is 6.03 Å². The van der Waals surface area contributed by atoms with Gasteiger partial charge >= 0.3 is 6.03 Å². The van der Waals surface area contributed by atoms with Gasteiger partial charge in [0.05, 0.1) is 5.69 Å². The van der Waals surface area contributed by atoms with Crippen molar-refractivity contribution in [2.75, 3.05) is 23.7 Å². The van der Waals surface area contributed by atoms with Gasteiger partial charge in [0.1, 0.15) is 21.5 Å². The van der Waals surface area contributed by atoms with Gasteiger partial charge in [0, 0.05) is 36.6 Å². The number of aromatic nitrogens is 3. The Kier molecular flexibility index (Phi) is 6.98. The average molecular weight is 438 g/mol. The van der Waals surface area contributed by atoms with E-state index < -0.39 is 0 Å². The first-order chi connectivity index (χ1) is 16.0. The van der Waals surface area contributed by atoms with Gasteiger partial charge in [-0.05, 0) is 42.9 Å². The summed E-state index contributed by atoms with van der Waals surface area (Å²) in [4.78, 5) is 16.9. The molecule has 166 valence electrons. The van der Waals surface area contributed by atoms with Gasteiger partial charge in [-0.25, -0.2) is 9.78 Å². The average Bonchev–Trinajstić information content (AvgIpc) is 3.17. The van der Waals surface area contributed by atoms with Gasteiger partial charge in [-0.2, -0.15) is 9.61 Å². The molecule has 0 aliphatic rings. The summed E-state index contributed by atoms with van der Waals surface area (Å²) >= 11 is 0. The first kappa shape index (κ1) is 22.5. The molecule has 2 aromatic carbocycles. The van der Waals surface area contributed by atoms with Gasteiger partial charge < -0.3 is 16.0 Å². The van der Waals surface area contributed by atoms with Crippen molar-refractivity contribution in [2.45, 2.75) is 19.8 Å². The van der Waals surface area contributed by atoms with Crippen LogP contribution in [0.2, 0.25) is 0 Å². The van der Waals surface area contributed by atoms with Gasteiger partial charge in [0.2, 0.25) is 0 Å². The number of rotatable bonds is 8. The van der Waals surface area contributed by atoms with E-state index in [1.807, 2.05) is 62.8 Å². The molecule has 0 fully saturated rings. The minimum Gasteiger partial charge on any atom is -0.370 e. The molecule has 0 unspecified atom stereocenters. The van der Waals surface area contributed by atoms with Crippen molar-refractivity contribution in [2.24, 2.45) is 0 Å². The van der Waals surface area contributed by atoms with Crippen LogP contribution >= 0.6 is 0 Å². The molecule has 0 saturated carbocycles. The third kappa shape index (κ3) is 5.55. The summed E-state index contributed by atoms with van der Waals surface area (Å²) < 4.78 is 1.85. The zero-order chi connectivity index (χ0) is 23.2. The molecule has 7 nitrogen and oxygen atoms in total. The molecule has 0 spiro atoms. The Morgan fingerprint density at radius 2 is 1.85 bits per heavy atom. The van der Waals surface area contributed by atoms with Crippen LogP contribution in [0.25, 0.3) is 16.9 Å². The minimum absolute atomic E-state index is 0.181. The molecule has 4 rings (SSSR count). The highest BCUT2D eigenvalue weighted by Crippen LogP contribution is 2.24. The second-order valence-corrected chi connectivity index (χ2v) is 8.29. The maximum atomic E-state index is 12.1. The number of fused-ring (bicyclic) bond motifs is 1. The van der Waals surface area contributed by atoms with E-state index in [0.717, 1.165) is 58.7 Å². The van der Waals surface area contributed by atoms with Crippen LogP contribution in [0.3, 0.4) is 0 Å². The van der Waals surface area contributed by atoms with Crippen LogP contribution in [0.5, 0.6) is 0 Å². The van der Waals surface area contributed by atoms with E-state index in [1.165, 1.54) is 5.56 Å². The summed E-state index contributed by atoms with van der Waals surface area (Å²) in [6, 6.07) is 17.9. The van der Waals surface area contributed by atoms with Gasteiger partial charge in [0.15, 0.2) is 5.65 Å². The van der Waals surface area contributed by atoms with Crippen LogP contribution in [0.1, 0.15) is 18.4 Å². The molecule has 0 bridgehead atoms. The molecule has 0 aliphatic carbocycles. The quantitative estimate of drug-likeness (QED) is 0.286. The van der Waals surface area contributed by atoms with Crippen LogP contribution in [0.15, 0.2) is 60.8 Å². The molecule has 0 aliphatic heterocycles. The van der Waals surface area contributed by atoms with Crippen LogP contribution in [0, 0.1) is 6.92 Å². The Hall–Kier alpha value is -3.74. The fraction of sp³-hybridized carbons (Fsp3) is 0.208. The van der Waals surface area contributed by atoms with Crippen molar-refractivity contribution in [3.05, 3.63) is 66.4 Å². The summed E-state index contributed by atoms with van der Waals surface area (Å²) in [6.07, 6.45) is 3.62. The van der Waals surface area contributed by atoms with Crippen LogP contribution in [-0.2, 0) is 0 Å². The number of urea groups is 1. The molecule has 4 aromatic rings. The molecule has 0 saturated heterocycles. The summed E-state index contributed by atoms with van der Waals surface area (Å²) in [7, 11) is 4.02. The van der Waals surface area contributed by atoms with E-state index in [2.05, 4.69) is 46.2 Å². The van der Waals surface area contributed by atoms with E-state index >= 15 is 0 Å². The highest BCUT2D eigenvalue weighted by molar-refractivity contribution is 6.36. The molecular formula is C24H28B2N6O. The Balaban J connectivity index is 1.32. The fourth-order valence-corrected chi connectivity index (χ4v) is 3.76. The summed E-state index contributed by atoms with van der Waals surface area (Å²) in [5, 5.41) is 13.8. The molecule has 0 atom stereocenters. The predicted molar refractivity (Wildman–Crippen MR) is 141 cm³/mol. The second kappa shape index (κ2) is 10.3. The lowest BCUT2D eigenvalue weighted by atomic mass is 9.96. The molecule has 2 heterocycles. The predicted octanol–water partition coefficient (Wildman–Crippen LogP) is 1.24. The number of hydrogen-bond donors (Lipinski definition) is 3. The number of nitrogens with zero attached hydrogens (tertiary/aromatic N) is 3. The van der Waals surface area contributed by atoms with Crippen molar-refractivity contribution >= 4 is 49.8 Å². The largest absolute Gasteiger partial charge is 0.370 e. The molecule has 2 amide bonds. The third-order valence-corrected chi connectivity index (χ3v) is 5.54. The van der Waals surface area contributed by atoms with E-state index in [9.17, 15) is 4.79 Å². The third-order valence-electron chi connectivity index (χ3n) is 5.54. The summed E-state index contributed by atoms with van der Waals surface area (Å²) in [5.41, 5.74) is 7.04. The number of amides is 2. The molecule has 9 heteroatoms. The van der Waals surface area contributed by atoms with Crippen LogP contribution in [0.4, 0.5) is 16.3 Å². The zero-order valence-electron chi connectivity index (χ0n) is 19.4. The number of unbranched alkanes of at least 4 members (excludes halogenated alkanes) is 1. The summed E-state index contributed by atoms with van der Waals surface area (Å²) in [5.74, 6) is 0.913. The van der Waals surface area contributed by atoms with E-state index in [1.54, 1.807) is 0 Å². The van der Waals surface area contributed by atoms with Gasteiger partial charge in [0.25, 0.3) is 0 Å². The van der Waals surface area contributed by atoms with Crippen molar-refractivity contribution in [3.8, 4) is 11.3 Å². The maximum absolute atomic E-state index is 12.1. The summed E-state index contributed by atoms with van der Waals surface area (Å²) in [6.45, 7) is 3.48. The Bertz CT molecular complexity index is 1270. The molecule has 33 heavy (non-hydrogen) atoms. The number of anilines is 2. The number of hydrogen-bond acceptors (Lipinski definition) is 4. The lowest BCUT2D eigenvalue weighted by Crippen LogP contribution is -2.30. The number of benzene rings is 2. The molecule has 2 aromatic heterocycles. The number of carbonyl (C=O) groups excluding carboxylic acids is 1. The first-order valence-electron chi connectivity index (χ1n) is 11.3. The zero-order valence-corrected chi connectivity index (χ0v) is 19.4. The maximum Gasteiger partial charge on any atom is 0.319 e. The van der Waals surface area contributed by atoms with Crippen molar-refractivity contribution in [3.63, 3.8) is 0 Å². The monoisotopic (exact) mass is 438 g/mol. The van der Waals surface area contributed by atoms with Gasteiger partial charge in [-0.15, -0.1) is 0 Å². The minimum atomic E-state index is -0.181. The van der Waals surface area contributed by atoms with Gasteiger partial charge in [-0.3, -0.25) is 0 Å². The molecule has 3 N–H and O–H groups in total. The Labute approximate surface area is 195 Å². The number of nitrogens with one attached hydrogen (secondary N) is 3. The normalized spacial score (nSPS) is 10.8. The lowest BCUT2D eigenvalue weighted by molar-refractivity contribution is 0.252. The topological polar surface area (TPSA) is 83.4 Å².